The number of hydrogen-bond donors (Lipinski definition) is 2. The predicted molar refractivity (Wildman–Crippen MR) is 110 cm³/mol. The number of rotatable bonds is 2. The fraction of sp³-hybridized carbons (Fsp3) is 0. The Bertz CT molecular complexity index is 1280. The summed E-state index contributed by atoms with van der Waals surface area (Å²) in [6, 6.07) is 13.9. The van der Waals surface area contributed by atoms with Crippen LogP contribution in [0.2, 0.25) is 0 Å². The summed E-state index contributed by atoms with van der Waals surface area (Å²) in [4.78, 5) is 39.3. The lowest BCUT2D eigenvalue weighted by atomic mass is 9.90. The molecule has 0 spiro atoms. The molecule has 0 amide bonds. The Morgan fingerprint density at radius 1 is 0.964 bits per heavy atom. The maximum Gasteiger partial charge on any atom is 0.335 e. The van der Waals surface area contributed by atoms with Crippen LogP contribution in [0.1, 0.15) is 16.7 Å². The third kappa shape index (κ3) is 3.05. The fourth-order valence-electron chi connectivity index (χ4n) is 3.07. The Morgan fingerprint density at radius 2 is 1.68 bits per heavy atom. The second-order valence-corrected chi connectivity index (χ2v) is 7.07. The highest BCUT2D eigenvalue weighted by molar-refractivity contribution is 9.10. The van der Waals surface area contributed by atoms with Crippen LogP contribution in [-0.2, 0) is 4.79 Å². The molecule has 0 aliphatic heterocycles. The summed E-state index contributed by atoms with van der Waals surface area (Å²) in [5.41, 5.74) is 0.388. The van der Waals surface area contributed by atoms with Crippen molar-refractivity contribution in [1.29, 1.82) is 0 Å². The fourth-order valence-corrected chi connectivity index (χ4v) is 3.33. The van der Waals surface area contributed by atoms with Gasteiger partial charge in [0.15, 0.2) is 5.78 Å². The van der Waals surface area contributed by atoms with E-state index in [1.807, 2.05) is 12.1 Å². The Balaban J connectivity index is 1.96. The number of H-pyrrole nitrogens is 1. The third-order valence-corrected chi connectivity index (χ3v) is 4.95. The van der Waals surface area contributed by atoms with E-state index >= 15 is 0 Å². The van der Waals surface area contributed by atoms with E-state index in [9.17, 15) is 19.5 Å². The molecular weight excluding hydrogens is 424 g/mol. The van der Waals surface area contributed by atoms with Crippen LogP contribution in [0.5, 0.6) is 5.88 Å². The molecule has 0 radical (unpaired) electrons. The highest BCUT2D eigenvalue weighted by Gasteiger charge is 2.20. The third-order valence-electron chi connectivity index (χ3n) is 4.43. The number of benzene rings is 2. The quantitative estimate of drug-likeness (QED) is 0.603. The number of carbonyl (C=O) groups excluding carboxylic acids is 1. The Morgan fingerprint density at radius 3 is 2.43 bits per heavy atom. The van der Waals surface area contributed by atoms with Crippen LogP contribution in [-0.4, -0.2) is 20.4 Å². The molecule has 1 aliphatic rings. The molecule has 2 N–H and O–H groups in total. The first-order valence-electron chi connectivity index (χ1n) is 8.33. The SMILES string of the molecule is O=C1C=Cc2ccccc2C1=Cc1c(O)n(-c2ccc(Br)cc2)c(=O)[nH]c1=O. The van der Waals surface area contributed by atoms with Gasteiger partial charge in [-0.05, 0) is 47.5 Å². The first-order chi connectivity index (χ1) is 13.5. The van der Waals surface area contributed by atoms with Gasteiger partial charge < -0.3 is 5.11 Å². The zero-order chi connectivity index (χ0) is 19.8. The van der Waals surface area contributed by atoms with Crippen molar-refractivity contribution in [3.63, 3.8) is 0 Å². The lowest BCUT2D eigenvalue weighted by Crippen LogP contribution is -2.30. The van der Waals surface area contributed by atoms with Crippen molar-refractivity contribution in [1.82, 2.24) is 9.55 Å². The maximum atomic E-state index is 12.4. The number of nitrogens with zero attached hydrogens (tertiary/aromatic N) is 1. The normalized spacial score (nSPS) is 14.3. The highest BCUT2D eigenvalue weighted by atomic mass is 79.9. The van der Waals surface area contributed by atoms with Crippen molar-refractivity contribution in [3.05, 3.63) is 96.6 Å². The smallest absolute Gasteiger partial charge is 0.335 e. The summed E-state index contributed by atoms with van der Waals surface area (Å²) in [6.07, 6.45) is 4.42. The van der Waals surface area contributed by atoms with Crippen LogP contribution in [0.3, 0.4) is 0 Å². The van der Waals surface area contributed by atoms with Crippen LogP contribution in [0, 0.1) is 0 Å². The number of allylic oxidation sites excluding steroid dienone is 2. The van der Waals surface area contributed by atoms with E-state index in [2.05, 4.69) is 20.9 Å². The number of halogens is 1. The lowest BCUT2D eigenvalue weighted by Gasteiger charge is -2.14. The molecule has 0 unspecified atom stereocenters. The second kappa shape index (κ2) is 6.94. The average Bonchev–Trinajstić information content (AvgIpc) is 2.68. The van der Waals surface area contributed by atoms with Gasteiger partial charge in [0.25, 0.3) is 5.56 Å². The van der Waals surface area contributed by atoms with Crippen molar-refractivity contribution >= 4 is 39.4 Å². The second-order valence-electron chi connectivity index (χ2n) is 6.15. The molecule has 0 saturated carbocycles. The van der Waals surface area contributed by atoms with E-state index < -0.39 is 17.1 Å². The zero-order valence-electron chi connectivity index (χ0n) is 14.3. The van der Waals surface area contributed by atoms with Gasteiger partial charge >= 0.3 is 5.69 Å². The molecule has 2 aromatic carbocycles. The monoisotopic (exact) mass is 436 g/mol. The van der Waals surface area contributed by atoms with E-state index in [0.29, 0.717) is 11.3 Å². The van der Waals surface area contributed by atoms with Crippen LogP contribution in [0.15, 0.2) is 68.7 Å². The topological polar surface area (TPSA) is 92.2 Å². The number of ketones is 1. The minimum absolute atomic E-state index is 0.170. The summed E-state index contributed by atoms with van der Waals surface area (Å²) >= 11 is 3.31. The summed E-state index contributed by atoms with van der Waals surface area (Å²) < 4.78 is 1.78. The van der Waals surface area contributed by atoms with E-state index in [1.165, 1.54) is 12.2 Å². The summed E-state index contributed by atoms with van der Waals surface area (Å²) in [5, 5.41) is 10.7. The van der Waals surface area contributed by atoms with Gasteiger partial charge in [0.1, 0.15) is 5.56 Å². The van der Waals surface area contributed by atoms with Crippen molar-refractivity contribution in [2.24, 2.45) is 0 Å². The van der Waals surface area contributed by atoms with E-state index in [-0.39, 0.29) is 16.9 Å². The predicted octanol–water partition coefficient (Wildman–Crippen LogP) is 3.13. The number of aromatic amines is 1. The first-order valence-corrected chi connectivity index (χ1v) is 9.13. The largest absolute Gasteiger partial charge is 0.494 e. The van der Waals surface area contributed by atoms with E-state index in [0.717, 1.165) is 14.6 Å². The van der Waals surface area contributed by atoms with Gasteiger partial charge in [-0.2, -0.15) is 0 Å². The van der Waals surface area contributed by atoms with Gasteiger partial charge in [-0.15, -0.1) is 0 Å². The van der Waals surface area contributed by atoms with Gasteiger partial charge in [0.2, 0.25) is 5.88 Å². The van der Waals surface area contributed by atoms with Crippen LogP contribution in [0.4, 0.5) is 0 Å². The number of aromatic hydroxyl groups is 1. The number of aromatic nitrogens is 2. The van der Waals surface area contributed by atoms with Gasteiger partial charge in [-0.25, -0.2) is 9.36 Å². The van der Waals surface area contributed by atoms with E-state index in [4.69, 9.17) is 0 Å². The molecule has 28 heavy (non-hydrogen) atoms. The van der Waals surface area contributed by atoms with Crippen molar-refractivity contribution in [3.8, 4) is 11.6 Å². The molecule has 138 valence electrons. The van der Waals surface area contributed by atoms with Gasteiger partial charge in [0, 0.05) is 10.0 Å². The Hall–Kier alpha value is -3.45. The molecule has 0 saturated heterocycles. The minimum atomic E-state index is -0.776. The summed E-state index contributed by atoms with van der Waals surface area (Å²) in [7, 11) is 0. The lowest BCUT2D eigenvalue weighted by molar-refractivity contribution is -0.109. The summed E-state index contributed by atoms with van der Waals surface area (Å²) in [5.74, 6) is -0.831. The van der Waals surface area contributed by atoms with Gasteiger partial charge in [-0.3, -0.25) is 14.6 Å². The molecule has 1 aromatic heterocycles. The molecule has 1 aliphatic carbocycles. The maximum absolute atomic E-state index is 12.4. The molecular formula is C21H13BrN2O4. The minimum Gasteiger partial charge on any atom is -0.494 e. The number of hydrogen-bond acceptors (Lipinski definition) is 4. The van der Waals surface area contributed by atoms with E-state index in [1.54, 1.807) is 42.5 Å². The van der Waals surface area contributed by atoms with Crippen LogP contribution in [0.25, 0.3) is 23.4 Å². The molecule has 3 aromatic rings. The van der Waals surface area contributed by atoms with Crippen molar-refractivity contribution in [2.45, 2.75) is 0 Å². The Labute approximate surface area is 167 Å². The molecule has 0 fully saturated rings. The standard InChI is InChI=1S/C21H13BrN2O4/c22-13-6-8-14(9-7-13)24-20(27)17(19(26)23-21(24)28)11-16-15-4-2-1-3-12(15)5-10-18(16)25/h1-11,27H,(H,23,26,28). The molecule has 7 heteroatoms. The molecule has 0 atom stereocenters. The van der Waals surface area contributed by atoms with Crippen molar-refractivity contribution in [2.75, 3.05) is 0 Å². The van der Waals surface area contributed by atoms with Crippen LogP contribution < -0.4 is 11.2 Å². The molecule has 0 bridgehead atoms. The molecule has 1 heterocycles. The van der Waals surface area contributed by atoms with Crippen molar-refractivity contribution < 1.29 is 9.90 Å². The van der Waals surface area contributed by atoms with Gasteiger partial charge in [0.05, 0.1) is 5.69 Å². The van der Waals surface area contributed by atoms with Gasteiger partial charge in [-0.1, -0.05) is 46.3 Å². The summed E-state index contributed by atoms with van der Waals surface area (Å²) in [6.45, 7) is 0. The number of nitrogens with one attached hydrogen (secondary N) is 1. The molecule has 6 nitrogen and oxygen atoms in total. The first kappa shape index (κ1) is 17.9. The average molecular weight is 437 g/mol. The zero-order valence-corrected chi connectivity index (χ0v) is 15.9. The number of carbonyl (C=O) groups is 1. The van der Waals surface area contributed by atoms with Crippen LogP contribution >= 0.6 is 15.9 Å². The molecule has 4 rings (SSSR count). The Kier molecular flexibility index (Phi) is 4.44. The number of fused-ring (bicyclic) bond motifs is 1. The highest BCUT2D eigenvalue weighted by Crippen LogP contribution is 2.29.